The van der Waals surface area contributed by atoms with Crippen LogP contribution in [0.15, 0.2) is 89.5 Å². The van der Waals surface area contributed by atoms with Crippen LogP contribution in [0.5, 0.6) is 0 Å². The highest BCUT2D eigenvalue weighted by Gasteiger charge is 2.23. The number of aromatic nitrogens is 1. The SMILES string of the molecule is CCCN(Cc1cccn1Cc1ccc(C(=O)NC2CCN(Cc3ccccc3)CC2)o1)C(=O)c1ccc(F)cc1. The topological polar surface area (TPSA) is 70.7 Å². The normalized spacial score (nSPS) is 14.2. The molecule has 2 amide bonds. The summed E-state index contributed by atoms with van der Waals surface area (Å²) in [4.78, 5) is 30.2. The van der Waals surface area contributed by atoms with Gasteiger partial charge < -0.3 is 19.2 Å². The van der Waals surface area contributed by atoms with E-state index in [1.165, 1.54) is 29.8 Å². The summed E-state index contributed by atoms with van der Waals surface area (Å²) in [6, 6.07) is 23.7. The van der Waals surface area contributed by atoms with Gasteiger partial charge in [0.15, 0.2) is 5.76 Å². The quantitative estimate of drug-likeness (QED) is 0.257. The first kappa shape index (κ1) is 28.4. The van der Waals surface area contributed by atoms with E-state index in [0.717, 1.165) is 44.6 Å². The number of hydrogen-bond donors (Lipinski definition) is 1. The monoisotopic (exact) mass is 556 g/mol. The summed E-state index contributed by atoms with van der Waals surface area (Å²) in [5, 5.41) is 3.14. The molecule has 1 fully saturated rings. The minimum atomic E-state index is -0.367. The van der Waals surface area contributed by atoms with Gasteiger partial charge in [0.2, 0.25) is 0 Å². The smallest absolute Gasteiger partial charge is 0.287 e. The molecule has 8 heteroatoms. The third-order valence-electron chi connectivity index (χ3n) is 7.53. The third kappa shape index (κ3) is 7.52. The number of furan rings is 1. The van der Waals surface area contributed by atoms with Crippen LogP contribution in [-0.2, 0) is 19.6 Å². The van der Waals surface area contributed by atoms with Crippen molar-refractivity contribution in [2.24, 2.45) is 0 Å². The van der Waals surface area contributed by atoms with Gasteiger partial charge in [-0.05, 0) is 73.4 Å². The average molecular weight is 557 g/mol. The number of likely N-dealkylation sites (tertiary alicyclic amines) is 1. The lowest BCUT2D eigenvalue weighted by molar-refractivity contribution is 0.0739. The third-order valence-corrected chi connectivity index (χ3v) is 7.53. The summed E-state index contributed by atoms with van der Waals surface area (Å²) in [6.45, 7) is 6.27. The molecule has 0 bridgehead atoms. The molecule has 41 heavy (non-hydrogen) atoms. The Morgan fingerprint density at radius 1 is 0.951 bits per heavy atom. The maximum atomic E-state index is 13.4. The number of carbonyl (C=O) groups excluding carboxylic acids is 2. The average Bonchev–Trinajstić information content (AvgIpc) is 3.64. The number of piperidine rings is 1. The van der Waals surface area contributed by atoms with Crippen LogP contribution in [0.4, 0.5) is 4.39 Å². The van der Waals surface area contributed by atoms with E-state index in [0.29, 0.717) is 36.7 Å². The molecule has 0 aliphatic carbocycles. The van der Waals surface area contributed by atoms with Gasteiger partial charge in [0.05, 0.1) is 13.1 Å². The maximum absolute atomic E-state index is 13.4. The molecule has 7 nitrogen and oxygen atoms in total. The van der Waals surface area contributed by atoms with Gasteiger partial charge >= 0.3 is 0 Å². The minimum absolute atomic E-state index is 0.127. The predicted octanol–water partition coefficient (Wildman–Crippen LogP) is 5.72. The van der Waals surface area contributed by atoms with Crippen LogP contribution in [0, 0.1) is 5.82 Å². The molecule has 3 heterocycles. The fourth-order valence-corrected chi connectivity index (χ4v) is 5.33. The van der Waals surface area contributed by atoms with Crippen molar-refractivity contribution in [1.29, 1.82) is 0 Å². The number of amides is 2. The van der Waals surface area contributed by atoms with Crippen molar-refractivity contribution in [3.05, 3.63) is 119 Å². The second kappa shape index (κ2) is 13.5. The molecular weight excluding hydrogens is 519 g/mol. The van der Waals surface area contributed by atoms with Gasteiger partial charge in [0, 0.05) is 49.7 Å². The Kier molecular flexibility index (Phi) is 9.31. The van der Waals surface area contributed by atoms with Crippen LogP contribution in [0.2, 0.25) is 0 Å². The molecule has 1 aliphatic rings. The van der Waals surface area contributed by atoms with E-state index in [1.54, 1.807) is 11.0 Å². The van der Waals surface area contributed by atoms with E-state index >= 15 is 0 Å². The van der Waals surface area contributed by atoms with Crippen LogP contribution in [0.3, 0.4) is 0 Å². The Labute approximate surface area is 240 Å². The lowest BCUT2D eigenvalue weighted by Crippen LogP contribution is -2.44. The van der Waals surface area contributed by atoms with Gasteiger partial charge in [0.1, 0.15) is 11.6 Å². The highest BCUT2D eigenvalue weighted by Crippen LogP contribution is 2.18. The van der Waals surface area contributed by atoms with Crippen LogP contribution in [0.25, 0.3) is 0 Å². The predicted molar refractivity (Wildman–Crippen MR) is 156 cm³/mol. The Morgan fingerprint density at radius 3 is 2.44 bits per heavy atom. The zero-order chi connectivity index (χ0) is 28.6. The molecule has 5 rings (SSSR count). The zero-order valence-electron chi connectivity index (χ0n) is 23.5. The van der Waals surface area contributed by atoms with Gasteiger partial charge in [-0.1, -0.05) is 37.3 Å². The highest BCUT2D eigenvalue weighted by atomic mass is 19.1. The molecule has 0 unspecified atom stereocenters. The standard InChI is InChI=1S/C33H37FN4O3/c1-2-18-38(33(40)26-10-12-27(34)13-11-26)23-29-9-6-19-37(29)24-30-14-15-31(41-30)32(39)35-28-16-20-36(21-17-28)22-25-7-4-3-5-8-25/h3-15,19,28H,2,16-18,20-24H2,1H3,(H,35,39). The molecule has 1 saturated heterocycles. The molecule has 2 aromatic heterocycles. The van der Waals surface area contributed by atoms with Crippen LogP contribution < -0.4 is 5.32 Å². The number of nitrogens with one attached hydrogen (secondary N) is 1. The Hall–Kier alpha value is -4.17. The van der Waals surface area contributed by atoms with E-state index in [2.05, 4.69) is 34.5 Å². The lowest BCUT2D eigenvalue weighted by atomic mass is 10.0. The molecule has 1 N–H and O–H groups in total. The van der Waals surface area contributed by atoms with E-state index < -0.39 is 0 Å². The van der Waals surface area contributed by atoms with E-state index in [-0.39, 0.29) is 23.7 Å². The molecule has 1 aliphatic heterocycles. The number of halogens is 1. The first-order valence-corrected chi connectivity index (χ1v) is 14.3. The van der Waals surface area contributed by atoms with Crippen molar-refractivity contribution < 1.29 is 18.4 Å². The van der Waals surface area contributed by atoms with Crippen molar-refractivity contribution in [1.82, 2.24) is 19.7 Å². The summed E-state index contributed by atoms with van der Waals surface area (Å²) >= 11 is 0. The van der Waals surface area contributed by atoms with Crippen molar-refractivity contribution >= 4 is 11.8 Å². The van der Waals surface area contributed by atoms with Gasteiger partial charge in [-0.3, -0.25) is 14.5 Å². The first-order chi connectivity index (χ1) is 20.0. The number of benzene rings is 2. The summed E-state index contributed by atoms with van der Waals surface area (Å²) in [6.07, 6.45) is 4.55. The second-order valence-corrected chi connectivity index (χ2v) is 10.6. The number of hydrogen-bond acceptors (Lipinski definition) is 4. The summed E-state index contributed by atoms with van der Waals surface area (Å²) < 4.78 is 21.3. The van der Waals surface area contributed by atoms with Crippen LogP contribution in [-0.4, -0.2) is 51.9 Å². The van der Waals surface area contributed by atoms with Gasteiger partial charge in [-0.25, -0.2) is 4.39 Å². The fourth-order valence-electron chi connectivity index (χ4n) is 5.33. The number of rotatable bonds is 11. The summed E-state index contributed by atoms with van der Waals surface area (Å²) in [7, 11) is 0. The van der Waals surface area contributed by atoms with Gasteiger partial charge in [0.25, 0.3) is 11.8 Å². The molecule has 0 spiro atoms. The molecule has 0 atom stereocenters. The first-order valence-electron chi connectivity index (χ1n) is 14.3. The fraction of sp³-hybridized carbons (Fsp3) is 0.333. The van der Waals surface area contributed by atoms with Crippen LogP contribution in [0.1, 0.15) is 64.1 Å². The van der Waals surface area contributed by atoms with Crippen molar-refractivity contribution in [2.45, 2.75) is 51.9 Å². The van der Waals surface area contributed by atoms with Crippen LogP contribution >= 0.6 is 0 Å². The Balaban J connectivity index is 1.15. The van der Waals surface area contributed by atoms with Crippen molar-refractivity contribution in [3.8, 4) is 0 Å². The Bertz CT molecular complexity index is 1420. The van der Waals surface area contributed by atoms with E-state index in [4.69, 9.17) is 4.42 Å². The Morgan fingerprint density at radius 2 is 1.71 bits per heavy atom. The molecule has 0 saturated carbocycles. The summed E-state index contributed by atoms with van der Waals surface area (Å²) in [5.74, 6) is 0.275. The molecule has 4 aromatic rings. The zero-order valence-corrected chi connectivity index (χ0v) is 23.5. The maximum Gasteiger partial charge on any atom is 0.287 e. The molecule has 214 valence electrons. The van der Waals surface area contributed by atoms with E-state index in [1.807, 2.05) is 42.0 Å². The molecule has 0 radical (unpaired) electrons. The van der Waals surface area contributed by atoms with Gasteiger partial charge in [-0.15, -0.1) is 0 Å². The number of carbonyl (C=O) groups is 2. The molecule has 2 aromatic carbocycles. The lowest BCUT2D eigenvalue weighted by Gasteiger charge is -2.32. The van der Waals surface area contributed by atoms with Crippen molar-refractivity contribution in [2.75, 3.05) is 19.6 Å². The number of nitrogens with zero attached hydrogens (tertiary/aromatic N) is 3. The second-order valence-electron chi connectivity index (χ2n) is 10.6. The minimum Gasteiger partial charge on any atom is -0.454 e. The molecular formula is C33H37FN4O3. The van der Waals surface area contributed by atoms with Gasteiger partial charge in [-0.2, -0.15) is 0 Å². The van der Waals surface area contributed by atoms with E-state index in [9.17, 15) is 14.0 Å². The highest BCUT2D eigenvalue weighted by molar-refractivity contribution is 5.94. The summed E-state index contributed by atoms with van der Waals surface area (Å²) in [5.41, 5.74) is 2.71. The largest absolute Gasteiger partial charge is 0.454 e. The van der Waals surface area contributed by atoms with Crippen molar-refractivity contribution in [3.63, 3.8) is 0 Å².